The molecule has 0 bridgehead atoms. The molecular formula is C46H31F3. The number of halogens is 3. The Labute approximate surface area is 283 Å². The number of benzene rings is 8. The molecule has 0 radical (unpaired) electrons. The zero-order chi connectivity index (χ0) is 33.5. The van der Waals surface area contributed by atoms with E-state index in [4.69, 9.17) is 0 Å². The van der Waals surface area contributed by atoms with E-state index in [1.54, 1.807) is 12.1 Å². The van der Waals surface area contributed by atoms with Gasteiger partial charge in [-0.25, -0.2) is 0 Å². The minimum absolute atomic E-state index is 0.107. The highest BCUT2D eigenvalue weighted by Gasteiger charge is 2.35. The maximum Gasteiger partial charge on any atom is 0.416 e. The lowest BCUT2D eigenvalue weighted by Crippen LogP contribution is -2.14. The molecule has 0 N–H and O–H groups in total. The van der Waals surface area contributed by atoms with Crippen molar-refractivity contribution in [1.29, 1.82) is 0 Å². The second kappa shape index (κ2) is 10.7. The van der Waals surface area contributed by atoms with Crippen molar-refractivity contribution >= 4 is 32.3 Å². The van der Waals surface area contributed by atoms with Crippen molar-refractivity contribution < 1.29 is 13.2 Å². The molecule has 0 fully saturated rings. The van der Waals surface area contributed by atoms with Crippen LogP contribution < -0.4 is 0 Å². The summed E-state index contributed by atoms with van der Waals surface area (Å²) in [7, 11) is 0. The van der Waals surface area contributed by atoms with Gasteiger partial charge in [0.2, 0.25) is 0 Å². The van der Waals surface area contributed by atoms with Gasteiger partial charge < -0.3 is 0 Å². The van der Waals surface area contributed by atoms with Gasteiger partial charge in [0.05, 0.1) is 5.56 Å². The Morgan fingerprint density at radius 3 is 1.71 bits per heavy atom. The van der Waals surface area contributed by atoms with E-state index >= 15 is 0 Å². The lowest BCUT2D eigenvalue weighted by molar-refractivity contribution is -0.137. The first kappa shape index (κ1) is 29.5. The zero-order valence-electron chi connectivity index (χ0n) is 27.1. The molecule has 1 aliphatic carbocycles. The summed E-state index contributed by atoms with van der Waals surface area (Å²) in [6, 6.07) is 50.9. The second-order valence-electron chi connectivity index (χ2n) is 13.6. The van der Waals surface area contributed by atoms with Crippen molar-refractivity contribution in [2.75, 3.05) is 0 Å². The van der Waals surface area contributed by atoms with Gasteiger partial charge in [0.1, 0.15) is 0 Å². The molecule has 0 heterocycles. The van der Waals surface area contributed by atoms with E-state index in [1.165, 1.54) is 45.2 Å². The van der Waals surface area contributed by atoms with Crippen LogP contribution in [0.15, 0.2) is 152 Å². The van der Waals surface area contributed by atoms with Gasteiger partial charge in [0.25, 0.3) is 0 Å². The standard InChI is InChI=1S/C46H31F3/c1-45(2)41-14-8-7-11-35(41)39-27-33(20-24-42(39)45)44-37-13-6-5-12-36(37)43(29-17-21-34(22-18-29)46(47,48)49)38-23-19-32(26-40(38)44)31-16-15-28-9-3-4-10-30(28)25-31/h3-27H,1-2H3. The predicted molar refractivity (Wildman–Crippen MR) is 198 cm³/mol. The largest absolute Gasteiger partial charge is 0.416 e. The van der Waals surface area contributed by atoms with Crippen molar-refractivity contribution in [3.8, 4) is 44.5 Å². The molecule has 0 amide bonds. The first-order valence-corrected chi connectivity index (χ1v) is 16.6. The Morgan fingerprint density at radius 2 is 0.959 bits per heavy atom. The van der Waals surface area contributed by atoms with Gasteiger partial charge in [-0.1, -0.05) is 135 Å². The van der Waals surface area contributed by atoms with Crippen LogP contribution in [0.4, 0.5) is 13.2 Å². The van der Waals surface area contributed by atoms with Crippen LogP contribution in [0.2, 0.25) is 0 Å². The van der Waals surface area contributed by atoms with Crippen LogP contribution >= 0.6 is 0 Å². The fourth-order valence-electron chi connectivity index (χ4n) is 8.05. The average Bonchev–Trinajstić information content (AvgIpc) is 3.35. The summed E-state index contributed by atoms with van der Waals surface area (Å²) < 4.78 is 40.8. The summed E-state index contributed by atoms with van der Waals surface area (Å²) in [6.45, 7) is 4.58. The smallest absolute Gasteiger partial charge is 0.166 e. The highest BCUT2D eigenvalue weighted by Crippen LogP contribution is 2.51. The molecular weight excluding hydrogens is 610 g/mol. The van der Waals surface area contributed by atoms with Gasteiger partial charge >= 0.3 is 6.18 Å². The molecule has 0 nitrogen and oxygen atoms in total. The van der Waals surface area contributed by atoms with Crippen LogP contribution in [0.3, 0.4) is 0 Å². The molecule has 0 atom stereocenters. The van der Waals surface area contributed by atoms with Crippen LogP contribution in [0.25, 0.3) is 76.8 Å². The summed E-state index contributed by atoms with van der Waals surface area (Å²) in [5.74, 6) is 0. The van der Waals surface area contributed by atoms with Crippen molar-refractivity contribution in [3.05, 3.63) is 168 Å². The molecule has 9 rings (SSSR count). The summed E-state index contributed by atoms with van der Waals surface area (Å²) in [5.41, 5.74) is 10.5. The normalized spacial score (nSPS) is 13.6. The molecule has 0 saturated carbocycles. The minimum Gasteiger partial charge on any atom is -0.166 e. The predicted octanol–water partition coefficient (Wildman–Crippen LogP) is 13.5. The fourth-order valence-corrected chi connectivity index (χ4v) is 8.05. The molecule has 0 aliphatic heterocycles. The third-order valence-corrected chi connectivity index (χ3v) is 10.5. The van der Waals surface area contributed by atoms with Gasteiger partial charge in [-0.05, 0) is 118 Å². The van der Waals surface area contributed by atoms with Crippen LogP contribution in [0, 0.1) is 0 Å². The topological polar surface area (TPSA) is 0 Å². The Morgan fingerprint density at radius 1 is 0.408 bits per heavy atom. The van der Waals surface area contributed by atoms with Gasteiger partial charge in [0.15, 0.2) is 0 Å². The van der Waals surface area contributed by atoms with E-state index in [0.29, 0.717) is 0 Å². The molecule has 0 aromatic heterocycles. The van der Waals surface area contributed by atoms with Crippen molar-refractivity contribution in [1.82, 2.24) is 0 Å². The molecule has 1 aliphatic rings. The summed E-state index contributed by atoms with van der Waals surface area (Å²) in [6.07, 6.45) is -4.40. The summed E-state index contributed by atoms with van der Waals surface area (Å²) in [5, 5.41) is 6.48. The van der Waals surface area contributed by atoms with Crippen LogP contribution in [0.1, 0.15) is 30.5 Å². The third kappa shape index (κ3) is 4.60. The Kier molecular flexibility index (Phi) is 6.42. The maximum atomic E-state index is 13.6. The van der Waals surface area contributed by atoms with Gasteiger partial charge in [-0.3, -0.25) is 0 Å². The van der Waals surface area contributed by atoms with E-state index in [9.17, 15) is 13.2 Å². The molecule has 236 valence electrons. The first-order chi connectivity index (χ1) is 23.7. The van der Waals surface area contributed by atoms with Gasteiger partial charge in [0, 0.05) is 5.41 Å². The molecule has 0 spiro atoms. The Hall–Kier alpha value is -5.67. The number of alkyl halides is 3. The van der Waals surface area contributed by atoms with Crippen LogP contribution in [-0.2, 0) is 11.6 Å². The molecule has 8 aromatic rings. The first-order valence-electron chi connectivity index (χ1n) is 16.6. The highest BCUT2D eigenvalue weighted by atomic mass is 19.4. The van der Waals surface area contributed by atoms with Crippen molar-refractivity contribution in [3.63, 3.8) is 0 Å². The molecule has 49 heavy (non-hydrogen) atoms. The van der Waals surface area contributed by atoms with Gasteiger partial charge in [-0.15, -0.1) is 0 Å². The van der Waals surface area contributed by atoms with Crippen LogP contribution in [0.5, 0.6) is 0 Å². The minimum atomic E-state index is -4.40. The monoisotopic (exact) mass is 640 g/mol. The fraction of sp³-hybridized carbons (Fsp3) is 0.0870. The van der Waals surface area contributed by atoms with E-state index < -0.39 is 11.7 Å². The summed E-state index contributed by atoms with van der Waals surface area (Å²) >= 11 is 0. The molecule has 3 heteroatoms. The van der Waals surface area contributed by atoms with Crippen molar-refractivity contribution in [2.24, 2.45) is 0 Å². The van der Waals surface area contributed by atoms with Crippen LogP contribution in [-0.4, -0.2) is 0 Å². The molecule has 8 aromatic carbocycles. The lowest BCUT2D eigenvalue weighted by atomic mass is 9.81. The lowest BCUT2D eigenvalue weighted by Gasteiger charge is -2.22. The van der Waals surface area contributed by atoms with E-state index in [2.05, 4.69) is 123 Å². The Bertz CT molecular complexity index is 2610. The quantitative estimate of drug-likeness (QED) is 0.169. The number of rotatable bonds is 3. The third-order valence-electron chi connectivity index (χ3n) is 10.5. The zero-order valence-corrected chi connectivity index (χ0v) is 27.1. The van der Waals surface area contributed by atoms with E-state index in [1.807, 2.05) is 18.2 Å². The molecule has 0 saturated heterocycles. The SMILES string of the molecule is CC1(C)c2ccccc2-c2cc(-c3c4ccccc4c(-c4ccc(C(F)(F)F)cc4)c4ccc(-c5ccc6ccccc6c5)cc34)ccc21. The van der Waals surface area contributed by atoms with E-state index in [-0.39, 0.29) is 5.41 Å². The number of fused-ring (bicyclic) bond motifs is 6. The Balaban J connectivity index is 1.35. The van der Waals surface area contributed by atoms with Crippen molar-refractivity contribution in [2.45, 2.75) is 25.4 Å². The number of hydrogen-bond donors (Lipinski definition) is 0. The second-order valence-corrected chi connectivity index (χ2v) is 13.6. The van der Waals surface area contributed by atoms with E-state index in [0.717, 1.165) is 54.9 Å². The highest BCUT2D eigenvalue weighted by molar-refractivity contribution is 6.22. The van der Waals surface area contributed by atoms with Gasteiger partial charge in [-0.2, -0.15) is 13.2 Å². The maximum absolute atomic E-state index is 13.6. The number of hydrogen-bond acceptors (Lipinski definition) is 0. The average molecular weight is 641 g/mol. The molecule has 0 unspecified atom stereocenters. The summed E-state index contributed by atoms with van der Waals surface area (Å²) in [4.78, 5) is 0.